The summed E-state index contributed by atoms with van der Waals surface area (Å²) in [5.74, 6) is -1.36. The van der Waals surface area contributed by atoms with E-state index in [-0.39, 0.29) is 18.6 Å². The van der Waals surface area contributed by atoms with Crippen molar-refractivity contribution in [3.63, 3.8) is 0 Å². The summed E-state index contributed by atoms with van der Waals surface area (Å²) in [5.41, 5.74) is 5.35. The number of aliphatic carboxylic acids is 1. The highest BCUT2D eigenvalue weighted by atomic mass is 32.1. The third-order valence-corrected chi connectivity index (χ3v) is 2.09. The molecule has 0 saturated carbocycles. The van der Waals surface area contributed by atoms with Crippen molar-refractivity contribution >= 4 is 30.8 Å². The molecule has 0 aromatic rings. The monoisotopic (exact) mass is 234 g/mol. The van der Waals surface area contributed by atoms with Gasteiger partial charge in [-0.25, -0.2) is 0 Å². The van der Waals surface area contributed by atoms with Crippen LogP contribution in [0.3, 0.4) is 0 Å². The van der Waals surface area contributed by atoms with Crippen LogP contribution in [0.15, 0.2) is 0 Å². The van der Waals surface area contributed by atoms with Crippen LogP contribution in [0.2, 0.25) is 0 Å². The summed E-state index contributed by atoms with van der Waals surface area (Å²) >= 11 is 3.82. The minimum absolute atomic E-state index is 0.0594. The van der Waals surface area contributed by atoms with E-state index < -0.39 is 24.0 Å². The van der Waals surface area contributed by atoms with E-state index in [1.807, 2.05) is 0 Å². The third-order valence-electron chi connectivity index (χ3n) is 1.69. The molecule has 0 bridgehead atoms. The van der Waals surface area contributed by atoms with Gasteiger partial charge in [0, 0.05) is 12.2 Å². The fourth-order valence-electron chi connectivity index (χ4n) is 0.826. The number of hydrogen-bond donors (Lipinski definition) is 4. The van der Waals surface area contributed by atoms with Crippen LogP contribution in [0.5, 0.6) is 0 Å². The molecule has 0 aromatic heterocycles. The van der Waals surface area contributed by atoms with Crippen molar-refractivity contribution in [2.45, 2.75) is 24.9 Å². The van der Waals surface area contributed by atoms with E-state index in [0.717, 1.165) is 0 Å². The van der Waals surface area contributed by atoms with E-state index in [1.54, 1.807) is 0 Å². The predicted octanol–water partition coefficient (Wildman–Crippen LogP) is -1.21. The highest BCUT2D eigenvalue weighted by Crippen LogP contribution is 1.96. The molecule has 0 aliphatic carbocycles. The Morgan fingerprint density at radius 3 is 2.53 bits per heavy atom. The number of carboxylic acid groups (broad SMARTS) is 1. The van der Waals surface area contributed by atoms with Crippen molar-refractivity contribution in [1.29, 1.82) is 0 Å². The number of thiol groups is 1. The maximum absolute atomic E-state index is 11.2. The number of amides is 1. The fourth-order valence-corrected chi connectivity index (χ4v) is 0.992. The van der Waals surface area contributed by atoms with Gasteiger partial charge in [0.2, 0.25) is 5.91 Å². The summed E-state index contributed by atoms with van der Waals surface area (Å²) in [6.45, 7) is 0. The molecule has 7 heteroatoms. The maximum Gasteiger partial charge on any atom is 0.303 e. The average Bonchev–Trinajstić information content (AvgIpc) is 2.22. The normalized spacial score (nSPS) is 14.0. The van der Waals surface area contributed by atoms with Crippen molar-refractivity contribution < 1.29 is 19.5 Å². The highest BCUT2D eigenvalue weighted by molar-refractivity contribution is 7.80. The average molecular weight is 234 g/mol. The maximum atomic E-state index is 11.2. The van der Waals surface area contributed by atoms with E-state index in [0.29, 0.717) is 6.29 Å². The van der Waals surface area contributed by atoms with Crippen LogP contribution in [0.1, 0.15) is 12.8 Å². The van der Waals surface area contributed by atoms with Gasteiger partial charge >= 0.3 is 5.97 Å². The molecular weight excluding hydrogens is 220 g/mol. The standard InChI is InChI=1S/C8H14N2O4S/c9-6(4-15)8(14)10-5(3-11)1-2-7(12)13/h3,5-6,15H,1-2,4,9H2,(H,10,14)(H,12,13)/t5-,6-/m0/s1. The second kappa shape index (κ2) is 7.24. The zero-order chi connectivity index (χ0) is 11.8. The number of rotatable bonds is 7. The zero-order valence-electron chi connectivity index (χ0n) is 8.05. The molecule has 2 atom stereocenters. The zero-order valence-corrected chi connectivity index (χ0v) is 8.94. The van der Waals surface area contributed by atoms with Gasteiger partial charge in [0.05, 0.1) is 12.1 Å². The minimum atomic E-state index is -1.02. The molecule has 0 unspecified atom stereocenters. The molecule has 0 aliphatic heterocycles. The Morgan fingerprint density at radius 2 is 2.13 bits per heavy atom. The SMILES string of the molecule is N[C@@H](CS)C(=O)N[C@H](C=O)CCC(=O)O. The first kappa shape index (κ1) is 13.9. The molecule has 0 radical (unpaired) electrons. The first-order valence-electron chi connectivity index (χ1n) is 4.35. The Morgan fingerprint density at radius 1 is 1.53 bits per heavy atom. The lowest BCUT2D eigenvalue weighted by Crippen LogP contribution is -2.47. The van der Waals surface area contributed by atoms with Gasteiger partial charge in [0.15, 0.2) is 0 Å². The van der Waals surface area contributed by atoms with E-state index in [9.17, 15) is 14.4 Å². The summed E-state index contributed by atoms with van der Waals surface area (Å²) in [6.07, 6.45) is 0.371. The summed E-state index contributed by atoms with van der Waals surface area (Å²) in [4.78, 5) is 31.9. The number of carbonyl (C=O) groups excluding carboxylic acids is 2. The van der Waals surface area contributed by atoms with Gasteiger partial charge in [0.25, 0.3) is 0 Å². The number of aldehydes is 1. The molecule has 4 N–H and O–H groups in total. The number of nitrogens with two attached hydrogens (primary N) is 1. The summed E-state index contributed by atoms with van der Waals surface area (Å²) in [6, 6.07) is -1.60. The largest absolute Gasteiger partial charge is 0.481 e. The van der Waals surface area contributed by atoms with E-state index in [2.05, 4.69) is 17.9 Å². The van der Waals surface area contributed by atoms with Crippen LogP contribution in [0.25, 0.3) is 0 Å². The molecule has 0 saturated heterocycles. The van der Waals surface area contributed by atoms with Gasteiger partial charge in [-0.3, -0.25) is 9.59 Å². The van der Waals surface area contributed by atoms with E-state index >= 15 is 0 Å². The minimum Gasteiger partial charge on any atom is -0.481 e. The highest BCUT2D eigenvalue weighted by Gasteiger charge is 2.17. The molecular formula is C8H14N2O4S. The Balaban J connectivity index is 4.03. The van der Waals surface area contributed by atoms with Crippen molar-refractivity contribution in [3.05, 3.63) is 0 Å². The Labute approximate surface area is 92.6 Å². The number of nitrogens with one attached hydrogen (secondary N) is 1. The number of hydrogen-bond acceptors (Lipinski definition) is 5. The number of carboxylic acids is 1. The van der Waals surface area contributed by atoms with E-state index in [4.69, 9.17) is 10.8 Å². The van der Waals surface area contributed by atoms with Gasteiger partial charge in [-0.2, -0.15) is 12.6 Å². The van der Waals surface area contributed by atoms with Crippen LogP contribution in [0, 0.1) is 0 Å². The molecule has 1 amide bonds. The second-order valence-electron chi connectivity index (χ2n) is 2.97. The van der Waals surface area contributed by atoms with Crippen LogP contribution in [0.4, 0.5) is 0 Å². The molecule has 0 fully saturated rings. The lowest BCUT2D eigenvalue weighted by Gasteiger charge is -2.14. The molecule has 0 aromatic carbocycles. The summed E-state index contributed by atoms with van der Waals surface area (Å²) in [5, 5.41) is 10.7. The molecule has 0 heterocycles. The van der Waals surface area contributed by atoms with Crippen molar-refractivity contribution in [2.75, 3.05) is 5.75 Å². The van der Waals surface area contributed by atoms with Crippen molar-refractivity contribution in [2.24, 2.45) is 5.73 Å². The topological polar surface area (TPSA) is 109 Å². The molecule has 0 rings (SSSR count). The van der Waals surface area contributed by atoms with E-state index in [1.165, 1.54) is 0 Å². The van der Waals surface area contributed by atoms with Gasteiger partial charge < -0.3 is 21.0 Å². The Hall–Kier alpha value is -1.08. The number of carbonyl (C=O) groups is 3. The van der Waals surface area contributed by atoms with Gasteiger partial charge in [-0.05, 0) is 6.42 Å². The Bertz CT molecular complexity index is 247. The molecule has 86 valence electrons. The molecule has 6 nitrogen and oxygen atoms in total. The fraction of sp³-hybridized carbons (Fsp3) is 0.625. The van der Waals surface area contributed by atoms with Crippen LogP contribution in [-0.4, -0.2) is 41.1 Å². The Kier molecular flexibility index (Phi) is 6.72. The van der Waals surface area contributed by atoms with Gasteiger partial charge in [0.1, 0.15) is 6.29 Å². The summed E-state index contributed by atoms with van der Waals surface area (Å²) < 4.78 is 0. The predicted molar refractivity (Wildman–Crippen MR) is 56.7 cm³/mol. The lowest BCUT2D eigenvalue weighted by atomic mass is 10.1. The van der Waals surface area contributed by atoms with Crippen LogP contribution < -0.4 is 11.1 Å². The quantitative estimate of drug-likeness (QED) is 0.326. The third kappa shape index (κ3) is 6.08. The lowest BCUT2D eigenvalue weighted by molar-refractivity contribution is -0.137. The first-order valence-corrected chi connectivity index (χ1v) is 4.98. The molecule has 0 spiro atoms. The van der Waals surface area contributed by atoms with Crippen LogP contribution in [-0.2, 0) is 14.4 Å². The first-order chi connectivity index (χ1) is 7.01. The van der Waals surface area contributed by atoms with Crippen molar-refractivity contribution in [1.82, 2.24) is 5.32 Å². The van der Waals surface area contributed by atoms with Crippen LogP contribution >= 0.6 is 12.6 Å². The second-order valence-corrected chi connectivity index (χ2v) is 3.34. The van der Waals surface area contributed by atoms with Gasteiger partial charge in [-0.15, -0.1) is 0 Å². The molecule has 0 aliphatic rings. The van der Waals surface area contributed by atoms with Gasteiger partial charge in [-0.1, -0.05) is 0 Å². The smallest absolute Gasteiger partial charge is 0.303 e. The molecule has 15 heavy (non-hydrogen) atoms. The van der Waals surface area contributed by atoms with Crippen molar-refractivity contribution in [3.8, 4) is 0 Å². The summed E-state index contributed by atoms with van der Waals surface area (Å²) in [7, 11) is 0.